The highest BCUT2D eigenvalue weighted by Gasteiger charge is 2.36. The molecule has 1 saturated carbocycles. The third kappa shape index (κ3) is 13.4. The molecule has 0 aromatic heterocycles. The van der Waals surface area contributed by atoms with Gasteiger partial charge in [0.15, 0.2) is 0 Å². The summed E-state index contributed by atoms with van der Waals surface area (Å²) in [6.07, 6.45) is 5.99. The van der Waals surface area contributed by atoms with E-state index in [4.69, 9.17) is 0 Å². The van der Waals surface area contributed by atoms with Crippen molar-refractivity contribution in [3.05, 3.63) is 142 Å². The monoisotopic (exact) mass is 923 g/mol. The molecule has 8 nitrogen and oxygen atoms in total. The summed E-state index contributed by atoms with van der Waals surface area (Å²) in [7, 11) is 0. The first-order valence-corrected chi connectivity index (χ1v) is 26.0. The van der Waals surface area contributed by atoms with E-state index in [1.807, 2.05) is 0 Å². The van der Waals surface area contributed by atoms with Crippen LogP contribution in [0.2, 0.25) is 0 Å². The van der Waals surface area contributed by atoms with Crippen LogP contribution in [-0.2, 0) is 21.7 Å². The highest BCUT2D eigenvalue weighted by Crippen LogP contribution is 2.37. The largest absolute Gasteiger partial charge is 0.338 e. The van der Waals surface area contributed by atoms with Gasteiger partial charge in [-0.25, -0.2) is 9.59 Å². The summed E-state index contributed by atoms with van der Waals surface area (Å²) in [6, 6.07) is 37.0. The fraction of sp³-hybridized carbons (Fsp3) is 0.567. The van der Waals surface area contributed by atoms with Gasteiger partial charge in [0, 0.05) is 62.2 Å². The zero-order chi connectivity index (χ0) is 49.0. The van der Waals surface area contributed by atoms with E-state index < -0.39 is 0 Å². The lowest BCUT2D eigenvalue weighted by Crippen LogP contribution is -2.46. The molecular formula is C60H86N6O2. The number of carbonyl (C=O) groups excluding carboxylic acids is 2. The van der Waals surface area contributed by atoms with Crippen molar-refractivity contribution in [2.24, 2.45) is 11.8 Å². The molecule has 368 valence electrons. The van der Waals surface area contributed by atoms with Crippen molar-refractivity contribution < 1.29 is 9.59 Å². The van der Waals surface area contributed by atoms with Crippen LogP contribution >= 0.6 is 0 Å². The predicted molar refractivity (Wildman–Crippen MR) is 283 cm³/mol. The molecule has 8 heteroatoms. The Kier molecular flexibility index (Phi) is 15.9. The van der Waals surface area contributed by atoms with E-state index in [1.54, 1.807) is 0 Å². The van der Waals surface area contributed by atoms with Gasteiger partial charge < -0.3 is 31.9 Å². The summed E-state index contributed by atoms with van der Waals surface area (Å²) < 4.78 is 0. The Labute approximate surface area is 410 Å². The van der Waals surface area contributed by atoms with Gasteiger partial charge in [-0.2, -0.15) is 0 Å². The lowest BCUT2D eigenvalue weighted by atomic mass is 9.80. The van der Waals surface area contributed by atoms with Crippen LogP contribution < -0.4 is 31.9 Å². The van der Waals surface area contributed by atoms with E-state index in [0.29, 0.717) is 24.9 Å². The van der Waals surface area contributed by atoms with E-state index in [2.05, 4.69) is 212 Å². The Bertz CT molecular complexity index is 1980. The predicted octanol–water partition coefficient (Wildman–Crippen LogP) is 11.7. The molecule has 4 amide bonds. The quantitative estimate of drug-likeness (QED) is 0.0851. The van der Waals surface area contributed by atoms with Crippen molar-refractivity contribution in [1.82, 2.24) is 31.9 Å². The first-order valence-electron chi connectivity index (χ1n) is 26.0. The molecule has 2 heterocycles. The van der Waals surface area contributed by atoms with Crippen molar-refractivity contribution in [3.8, 4) is 0 Å². The minimum absolute atomic E-state index is 0.0446. The topological polar surface area (TPSA) is 106 Å². The average molecular weight is 923 g/mol. The first kappa shape index (κ1) is 51.2. The third-order valence-electron chi connectivity index (χ3n) is 15.3. The lowest BCUT2D eigenvalue weighted by Gasteiger charge is -2.30. The third-order valence-corrected chi connectivity index (χ3v) is 15.3. The molecule has 3 aliphatic rings. The molecule has 4 aromatic rings. The molecule has 0 radical (unpaired) electrons. The lowest BCUT2D eigenvalue weighted by molar-refractivity contribution is 0.219. The van der Waals surface area contributed by atoms with Gasteiger partial charge in [0.25, 0.3) is 0 Å². The van der Waals surface area contributed by atoms with E-state index in [9.17, 15) is 9.59 Å². The number of hydrogen-bond acceptors (Lipinski definition) is 4. The minimum Gasteiger partial charge on any atom is -0.338 e. The number of rotatable bonds is 12. The minimum atomic E-state index is -0.0905. The first-order chi connectivity index (χ1) is 32.0. The molecule has 0 bridgehead atoms. The molecule has 1 aliphatic carbocycles. The van der Waals surface area contributed by atoms with Crippen LogP contribution in [0.5, 0.6) is 0 Å². The van der Waals surface area contributed by atoms with Gasteiger partial charge >= 0.3 is 12.1 Å². The van der Waals surface area contributed by atoms with Gasteiger partial charge in [-0.05, 0) is 110 Å². The SMILES string of the molecule is CC(C)(C)c1ccc(C(c2ccc(C(C)(C)C)cc2)[C@H]2C[C@@H](NC(=O)NCC3CCCC(CNC(=O)N[C@H]4CN[C@@H](C(c5ccc(C(C)(C)C)cc5)c5ccc(C(C)(C)C)cc5)C4)C3)CN2)cc1. The van der Waals surface area contributed by atoms with Gasteiger partial charge in [0.2, 0.25) is 0 Å². The summed E-state index contributed by atoms with van der Waals surface area (Å²) in [6.45, 7) is 29.9. The zero-order valence-corrected chi connectivity index (χ0v) is 43.7. The van der Waals surface area contributed by atoms with Crippen molar-refractivity contribution in [2.45, 2.75) is 179 Å². The van der Waals surface area contributed by atoms with Crippen molar-refractivity contribution in [2.75, 3.05) is 26.2 Å². The Morgan fingerprint density at radius 3 is 1.00 bits per heavy atom. The van der Waals surface area contributed by atoms with Crippen LogP contribution in [0.25, 0.3) is 0 Å². The number of hydrogen-bond donors (Lipinski definition) is 6. The van der Waals surface area contributed by atoms with Crippen LogP contribution in [0, 0.1) is 11.8 Å². The van der Waals surface area contributed by atoms with Crippen molar-refractivity contribution >= 4 is 12.1 Å². The molecule has 2 saturated heterocycles. The number of urea groups is 2. The van der Waals surface area contributed by atoms with Crippen molar-refractivity contribution in [1.29, 1.82) is 0 Å². The molecule has 7 rings (SSSR count). The van der Waals surface area contributed by atoms with Gasteiger partial charge in [0.05, 0.1) is 0 Å². The summed E-state index contributed by atoms with van der Waals surface area (Å²) in [5, 5.41) is 20.7. The number of benzene rings is 4. The molecule has 6 N–H and O–H groups in total. The van der Waals surface area contributed by atoms with Crippen LogP contribution in [0.15, 0.2) is 97.1 Å². The smallest absolute Gasteiger partial charge is 0.315 e. The van der Waals surface area contributed by atoms with Gasteiger partial charge in [-0.1, -0.05) is 187 Å². The second-order valence-electron chi connectivity index (χ2n) is 24.9. The Hall–Kier alpha value is -4.66. The maximum Gasteiger partial charge on any atom is 0.315 e. The highest BCUT2D eigenvalue weighted by atomic mass is 16.2. The maximum absolute atomic E-state index is 13.4. The number of nitrogens with one attached hydrogen (secondary N) is 6. The number of carbonyl (C=O) groups is 2. The summed E-state index contributed by atoms with van der Waals surface area (Å²) in [4.78, 5) is 26.8. The standard InChI is InChI=1S/C60H86N6O2/c1-57(2,3)45-24-16-41(17-25-45)53(42-18-26-46(27-19-42)58(4,5)6)51-33-49(37-61-51)65-55(67)63-35-39-14-13-15-40(32-39)36-64-56(68)66-50-34-52(62-38-50)54(43-20-28-47(29-21-43)59(7,8)9)44-22-30-48(31-23-44)60(10,11)12/h16-31,39-40,49-54,61-62H,13-15,32-38H2,1-12H3,(H2,63,65,67)(H2,64,66,68)/t39?,40?,49-,50-,51-,52-/m1/s1. The van der Waals surface area contributed by atoms with E-state index >= 15 is 0 Å². The van der Waals surface area contributed by atoms with Crippen molar-refractivity contribution in [3.63, 3.8) is 0 Å². The molecule has 3 fully saturated rings. The van der Waals surface area contributed by atoms with E-state index in [0.717, 1.165) is 51.6 Å². The van der Waals surface area contributed by atoms with Gasteiger partial charge in [0.1, 0.15) is 0 Å². The summed E-state index contributed by atoms with van der Waals surface area (Å²) >= 11 is 0. The normalized spacial score (nSPS) is 22.6. The van der Waals surface area contributed by atoms with E-state index in [1.165, 1.54) is 44.5 Å². The van der Waals surface area contributed by atoms with Gasteiger partial charge in [-0.3, -0.25) is 0 Å². The van der Waals surface area contributed by atoms with Crippen LogP contribution in [0.3, 0.4) is 0 Å². The second kappa shape index (κ2) is 21.1. The molecule has 2 unspecified atom stereocenters. The fourth-order valence-corrected chi connectivity index (χ4v) is 11.1. The fourth-order valence-electron chi connectivity index (χ4n) is 11.1. The van der Waals surface area contributed by atoms with E-state index in [-0.39, 0.29) is 69.7 Å². The summed E-state index contributed by atoms with van der Waals surface area (Å²) in [5.74, 6) is 1.13. The van der Waals surface area contributed by atoms with Gasteiger partial charge in [-0.15, -0.1) is 0 Å². The average Bonchev–Trinajstić information content (AvgIpc) is 3.94. The zero-order valence-electron chi connectivity index (χ0n) is 43.7. The molecule has 4 aromatic carbocycles. The second-order valence-corrected chi connectivity index (χ2v) is 24.9. The maximum atomic E-state index is 13.4. The summed E-state index contributed by atoms with van der Waals surface area (Å²) in [5.41, 5.74) is 10.9. The Balaban J connectivity index is 0.878. The Morgan fingerprint density at radius 2 is 0.735 bits per heavy atom. The molecular weight excluding hydrogens is 837 g/mol. The van der Waals surface area contributed by atoms with Crippen LogP contribution in [-0.4, -0.2) is 62.4 Å². The highest BCUT2D eigenvalue weighted by molar-refractivity contribution is 5.74. The Morgan fingerprint density at radius 1 is 0.456 bits per heavy atom. The molecule has 6 atom stereocenters. The molecule has 68 heavy (non-hydrogen) atoms. The molecule has 2 aliphatic heterocycles. The number of amides is 4. The van der Waals surface area contributed by atoms with Crippen LogP contribution in [0.4, 0.5) is 9.59 Å². The molecule has 0 spiro atoms. The van der Waals surface area contributed by atoms with Crippen LogP contribution in [0.1, 0.15) is 178 Å².